The molecule has 25 heavy (non-hydrogen) atoms. The van der Waals surface area contributed by atoms with Crippen LogP contribution in [-0.4, -0.2) is 36.5 Å². The summed E-state index contributed by atoms with van der Waals surface area (Å²) in [7, 11) is 0. The van der Waals surface area contributed by atoms with Crippen LogP contribution < -0.4 is 21.7 Å². The van der Waals surface area contributed by atoms with E-state index in [0.717, 1.165) is 38.5 Å². The van der Waals surface area contributed by atoms with Crippen LogP contribution in [0.2, 0.25) is 0 Å². The van der Waals surface area contributed by atoms with E-state index in [1.807, 2.05) is 20.8 Å². The number of hydrogen-bond acceptors (Lipinski definition) is 3. The Labute approximate surface area is 151 Å². The molecule has 4 amide bonds. The van der Waals surface area contributed by atoms with Gasteiger partial charge in [-0.1, -0.05) is 40.0 Å². The molecule has 0 heterocycles. The molecule has 0 unspecified atom stereocenters. The number of nitrogens with one attached hydrogen (secondary N) is 3. The summed E-state index contributed by atoms with van der Waals surface area (Å²) in [5.74, 6) is -0.209. The molecular formula is C18H36N4O3. The topological polar surface area (TPSA) is 113 Å². The Morgan fingerprint density at radius 2 is 1.64 bits per heavy atom. The molecule has 2 atom stereocenters. The van der Waals surface area contributed by atoms with E-state index in [9.17, 15) is 14.4 Å². The Balaban J connectivity index is 4.25. The minimum Gasteiger partial charge on any atom is -0.352 e. The third-order valence-corrected chi connectivity index (χ3v) is 4.02. The van der Waals surface area contributed by atoms with E-state index in [1.54, 1.807) is 0 Å². The predicted molar refractivity (Wildman–Crippen MR) is 100.0 cm³/mol. The Morgan fingerprint density at radius 1 is 0.960 bits per heavy atom. The SMILES string of the molecule is CCCCCCC(=O)N[C@H](C(=O)N[C@H](C)CCCNC(N)=O)C(C)C. The van der Waals surface area contributed by atoms with E-state index in [-0.39, 0.29) is 23.8 Å². The fraction of sp³-hybridized carbons (Fsp3) is 0.833. The number of primary amides is 1. The van der Waals surface area contributed by atoms with E-state index < -0.39 is 12.1 Å². The van der Waals surface area contributed by atoms with Crippen LogP contribution in [0.4, 0.5) is 4.79 Å². The fourth-order valence-corrected chi connectivity index (χ4v) is 2.52. The highest BCUT2D eigenvalue weighted by atomic mass is 16.2. The minimum atomic E-state index is -0.543. The molecule has 5 N–H and O–H groups in total. The molecule has 0 bridgehead atoms. The van der Waals surface area contributed by atoms with Gasteiger partial charge in [0.05, 0.1) is 0 Å². The summed E-state index contributed by atoms with van der Waals surface area (Å²) in [6.45, 7) is 8.36. The number of carbonyl (C=O) groups excluding carboxylic acids is 3. The average molecular weight is 357 g/mol. The number of amides is 4. The van der Waals surface area contributed by atoms with E-state index in [0.29, 0.717) is 13.0 Å². The number of unbranched alkanes of at least 4 members (excludes halogenated alkanes) is 3. The molecule has 0 aliphatic carbocycles. The Kier molecular flexibility index (Phi) is 12.5. The first kappa shape index (κ1) is 23.2. The average Bonchev–Trinajstić information content (AvgIpc) is 2.52. The first-order valence-electron chi connectivity index (χ1n) is 9.40. The molecule has 7 heteroatoms. The molecule has 0 aliphatic rings. The molecule has 146 valence electrons. The van der Waals surface area contributed by atoms with Crippen molar-refractivity contribution in [1.82, 2.24) is 16.0 Å². The highest BCUT2D eigenvalue weighted by molar-refractivity contribution is 5.87. The van der Waals surface area contributed by atoms with Gasteiger partial charge in [0.1, 0.15) is 6.04 Å². The summed E-state index contributed by atoms with van der Waals surface area (Å²) in [4.78, 5) is 35.1. The van der Waals surface area contributed by atoms with Gasteiger partial charge in [0.2, 0.25) is 11.8 Å². The zero-order valence-corrected chi connectivity index (χ0v) is 16.2. The fourth-order valence-electron chi connectivity index (χ4n) is 2.52. The maximum atomic E-state index is 12.4. The van der Waals surface area contributed by atoms with Gasteiger partial charge in [-0.15, -0.1) is 0 Å². The minimum absolute atomic E-state index is 0.0170. The van der Waals surface area contributed by atoms with Crippen molar-refractivity contribution < 1.29 is 14.4 Å². The summed E-state index contributed by atoms with van der Waals surface area (Å²) in [5, 5.41) is 8.31. The zero-order valence-electron chi connectivity index (χ0n) is 16.2. The van der Waals surface area contributed by atoms with Crippen molar-refractivity contribution in [1.29, 1.82) is 0 Å². The quantitative estimate of drug-likeness (QED) is 0.379. The lowest BCUT2D eigenvalue weighted by atomic mass is 10.0. The lowest BCUT2D eigenvalue weighted by molar-refractivity contribution is -0.130. The van der Waals surface area contributed by atoms with Crippen molar-refractivity contribution in [2.45, 2.75) is 84.7 Å². The summed E-state index contributed by atoms with van der Waals surface area (Å²) in [6.07, 6.45) is 6.07. The first-order valence-corrected chi connectivity index (χ1v) is 9.40. The van der Waals surface area contributed by atoms with Crippen LogP contribution in [0.1, 0.15) is 72.6 Å². The molecule has 0 fully saturated rings. The molecule has 0 aromatic rings. The van der Waals surface area contributed by atoms with E-state index in [4.69, 9.17) is 5.73 Å². The van der Waals surface area contributed by atoms with Crippen LogP contribution in [0.3, 0.4) is 0 Å². The molecule has 0 saturated carbocycles. The van der Waals surface area contributed by atoms with Crippen molar-refractivity contribution in [3.8, 4) is 0 Å². The second-order valence-corrected chi connectivity index (χ2v) is 6.94. The van der Waals surface area contributed by atoms with Gasteiger partial charge in [-0.25, -0.2) is 4.79 Å². The number of nitrogens with two attached hydrogens (primary N) is 1. The number of carbonyl (C=O) groups is 3. The summed E-state index contributed by atoms with van der Waals surface area (Å²) in [5.41, 5.74) is 5.00. The van der Waals surface area contributed by atoms with Crippen LogP contribution in [0.25, 0.3) is 0 Å². The van der Waals surface area contributed by atoms with E-state index in [1.165, 1.54) is 0 Å². The lowest BCUT2D eigenvalue weighted by Crippen LogP contribution is -2.51. The molecule has 0 aromatic carbocycles. The molecule has 0 aliphatic heterocycles. The standard InChI is InChI=1S/C18H36N4O3/c1-5-6-7-8-11-15(23)22-16(13(2)3)17(24)21-14(4)10-9-12-20-18(19)25/h13-14,16H,5-12H2,1-4H3,(H,21,24)(H,22,23)(H3,19,20,25)/t14-,16+/m1/s1. The molecule has 0 radical (unpaired) electrons. The monoisotopic (exact) mass is 356 g/mol. The second-order valence-electron chi connectivity index (χ2n) is 6.94. The van der Waals surface area contributed by atoms with E-state index >= 15 is 0 Å². The Hall–Kier alpha value is -1.79. The predicted octanol–water partition coefficient (Wildman–Crippen LogP) is 2.05. The summed E-state index contributed by atoms with van der Waals surface area (Å²) in [6, 6.07) is -1.10. The van der Waals surface area contributed by atoms with Crippen LogP contribution in [-0.2, 0) is 9.59 Å². The highest BCUT2D eigenvalue weighted by Gasteiger charge is 2.24. The largest absolute Gasteiger partial charge is 0.352 e. The van der Waals surface area contributed by atoms with Crippen LogP contribution in [0, 0.1) is 5.92 Å². The number of urea groups is 1. The third kappa shape index (κ3) is 12.3. The molecule has 0 spiro atoms. The second kappa shape index (κ2) is 13.5. The molecule has 0 saturated heterocycles. The van der Waals surface area contributed by atoms with Crippen LogP contribution in [0.15, 0.2) is 0 Å². The van der Waals surface area contributed by atoms with Crippen LogP contribution in [0.5, 0.6) is 0 Å². The van der Waals surface area contributed by atoms with Gasteiger partial charge >= 0.3 is 6.03 Å². The van der Waals surface area contributed by atoms with Crippen molar-refractivity contribution >= 4 is 17.8 Å². The summed E-state index contributed by atoms with van der Waals surface area (Å²) >= 11 is 0. The zero-order chi connectivity index (χ0) is 19.2. The maximum Gasteiger partial charge on any atom is 0.312 e. The van der Waals surface area contributed by atoms with Gasteiger partial charge in [-0.05, 0) is 32.1 Å². The summed E-state index contributed by atoms with van der Waals surface area (Å²) < 4.78 is 0. The maximum absolute atomic E-state index is 12.4. The highest BCUT2D eigenvalue weighted by Crippen LogP contribution is 2.07. The van der Waals surface area contributed by atoms with Gasteiger partial charge in [0.25, 0.3) is 0 Å². The molecule has 7 nitrogen and oxygen atoms in total. The molecule has 0 rings (SSSR count). The van der Waals surface area contributed by atoms with Crippen LogP contribution >= 0.6 is 0 Å². The van der Waals surface area contributed by atoms with Crippen molar-refractivity contribution in [2.24, 2.45) is 11.7 Å². The van der Waals surface area contributed by atoms with Gasteiger partial charge in [-0.2, -0.15) is 0 Å². The van der Waals surface area contributed by atoms with Gasteiger partial charge in [0, 0.05) is 19.0 Å². The van der Waals surface area contributed by atoms with Gasteiger partial charge in [0.15, 0.2) is 0 Å². The molecular weight excluding hydrogens is 320 g/mol. The van der Waals surface area contributed by atoms with Crippen molar-refractivity contribution in [2.75, 3.05) is 6.54 Å². The van der Waals surface area contributed by atoms with Gasteiger partial charge in [-0.3, -0.25) is 9.59 Å². The van der Waals surface area contributed by atoms with E-state index in [2.05, 4.69) is 22.9 Å². The number of hydrogen-bond donors (Lipinski definition) is 4. The first-order chi connectivity index (χ1) is 11.8. The van der Waals surface area contributed by atoms with Crippen molar-refractivity contribution in [3.63, 3.8) is 0 Å². The normalized spacial score (nSPS) is 13.2. The molecule has 0 aromatic heterocycles. The number of rotatable bonds is 13. The smallest absolute Gasteiger partial charge is 0.312 e. The Morgan fingerprint density at radius 3 is 2.20 bits per heavy atom. The van der Waals surface area contributed by atoms with Gasteiger partial charge < -0.3 is 21.7 Å². The lowest BCUT2D eigenvalue weighted by Gasteiger charge is -2.24. The third-order valence-electron chi connectivity index (χ3n) is 4.02. The van der Waals surface area contributed by atoms with Crippen molar-refractivity contribution in [3.05, 3.63) is 0 Å². The Bertz CT molecular complexity index is 413.